The first-order valence-electron chi connectivity index (χ1n) is 5.41. The fourth-order valence-electron chi connectivity index (χ4n) is 1.61. The van der Waals surface area contributed by atoms with E-state index in [9.17, 15) is 0 Å². The van der Waals surface area contributed by atoms with Crippen LogP contribution in [0.25, 0.3) is 0 Å². The fourth-order valence-corrected chi connectivity index (χ4v) is 1.61. The number of anilines is 2. The van der Waals surface area contributed by atoms with E-state index in [-0.39, 0.29) is 0 Å². The molecule has 4 heteroatoms. The molecule has 4 nitrogen and oxygen atoms in total. The highest BCUT2D eigenvalue weighted by atomic mass is 16.5. The average molecular weight is 229 g/mol. The molecule has 0 fully saturated rings. The zero-order valence-corrected chi connectivity index (χ0v) is 10.2. The van der Waals surface area contributed by atoms with Gasteiger partial charge in [-0.3, -0.25) is 0 Å². The van der Waals surface area contributed by atoms with Gasteiger partial charge in [0.15, 0.2) is 0 Å². The highest BCUT2D eigenvalue weighted by Crippen LogP contribution is 2.19. The number of ether oxygens (including phenoxy) is 1. The van der Waals surface area contributed by atoms with Crippen LogP contribution < -0.4 is 10.1 Å². The highest BCUT2D eigenvalue weighted by molar-refractivity contribution is 5.55. The topological polar surface area (TPSA) is 47.0 Å². The lowest BCUT2D eigenvalue weighted by molar-refractivity contribution is 0.415. The first-order valence-corrected chi connectivity index (χ1v) is 5.41. The molecule has 88 valence electrons. The maximum Gasteiger partial charge on any atom is 0.227 e. The summed E-state index contributed by atoms with van der Waals surface area (Å²) < 4.78 is 5.16. The van der Waals surface area contributed by atoms with Gasteiger partial charge in [0.1, 0.15) is 5.75 Å². The standard InChI is InChI=1S/C13H15N3O/c1-9-7-10(2)15-13(14-9)16-11-5-4-6-12(8-11)17-3/h4-8H,1-3H3,(H,14,15,16). The highest BCUT2D eigenvalue weighted by Gasteiger charge is 2.01. The maximum absolute atomic E-state index is 5.16. The van der Waals surface area contributed by atoms with Crippen molar-refractivity contribution in [2.24, 2.45) is 0 Å². The van der Waals surface area contributed by atoms with Gasteiger partial charge in [0.25, 0.3) is 0 Å². The Morgan fingerprint density at radius 3 is 2.41 bits per heavy atom. The van der Waals surface area contributed by atoms with E-state index in [1.54, 1.807) is 7.11 Å². The van der Waals surface area contributed by atoms with Crippen LogP contribution in [0, 0.1) is 13.8 Å². The van der Waals surface area contributed by atoms with E-state index in [1.807, 2.05) is 44.2 Å². The molecule has 0 aliphatic carbocycles. The summed E-state index contributed by atoms with van der Waals surface area (Å²) in [5, 5.41) is 3.16. The van der Waals surface area contributed by atoms with E-state index < -0.39 is 0 Å². The molecule has 1 heterocycles. The molecule has 0 amide bonds. The summed E-state index contributed by atoms with van der Waals surface area (Å²) in [7, 11) is 1.65. The lowest BCUT2D eigenvalue weighted by Crippen LogP contribution is -2.00. The maximum atomic E-state index is 5.16. The Balaban J connectivity index is 2.24. The summed E-state index contributed by atoms with van der Waals surface area (Å²) in [4.78, 5) is 8.64. The predicted octanol–water partition coefficient (Wildman–Crippen LogP) is 2.85. The molecule has 2 aromatic rings. The Morgan fingerprint density at radius 2 is 1.76 bits per heavy atom. The van der Waals surface area contributed by atoms with E-state index in [1.165, 1.54) is 0 Å². The van der Waals surface area contributed by atoms with Crippen LogP contribution in [0.5, 0.6) is 5.75 Å². The zero-order chi connectivity index (χ0) is 12.3. The summed E-state index contributed by atoms with van der Waals surface area (Å²) in [6.45, 7) is 3.90. The van der Waals surface area contributed by atoms with E-state index in [0.717, 1.165) is 22.8 Å². The summed E-state index contributed by atoms with van der Waals surface area (Å²) in [6.07, 6.45) is 0. The van der Waals surface area contributed by atoms with Gasteiger partial charge in [0.2, 0.25) is 5.95 Å². The van der Waals surface area contributed by atoms with Gasteiger partial charge >= 0.3 is 0 Å². The monoisotopic (exact) mass is 229 g/mol. The average Bonchev–Trinajstić information content (AvgIpc) is 2.28. The third-order valence-corrected chi connectivity index (χ3v) is 2.31. The minimum absolute atomic E-state index is 0.607. The van der Waals surface area contributed by atoms with Gasteiger partial charge in [-0.25, -0.2) is 9.97 Å². The number of hydrogen-bond acceptors (Lipinski definition) is 4. The number of methoxy groups -OCH3 is 1. The van der Waals surface area contributed by atoms with Gasteiger partial charge in [-0.2, -0.15) is 0 Å². The van der Waals surface area contributed by atoms with Crippen LogP contribution in [0.3, 0.4) is 0 Å². The van der Waals surface area contributed by atoms with Crippen molar-refractivity contribution in [2.75, 3.05) is 12.4 Å². The third kappa shape index (κ3) is 2.93. The Kier molecular flexibility index (Phi) is 3.23. The van der Waals surface area contributed by atoms with Gasteiger partial charge in [0, 0.05) is 23.1 Å². The van der Waals surface area contributed by atoms with Crippen molar-refractivity contribution in [3.05, 3.63) is 41.7 Å². The van der Waals surface area contributed by atoms with Crippen molar-refractivity contribution in [1.29, 1.82) is 0 Å². The molecule has 0 saturated heterocycles. The lowest BCUT2D eigenvalue weighted by atomic mass is 10.3. The molecular formula is C13H15N3O. The van der Waals surface area contributed by atoms with Crippen LogP contribution in [-0.4, -0.2) is 17.1 Å². The molecule has 0 aliphatic heterocycles. The molecule has 0 aliphatic rings. The summed E-state index contributed by atoms with van der Waals surface area (Å²) in [5.41, 5.74) is 2.81. The third-order valence-electron chi connectivity index (χ3n) is 2.31. The van der Waals surface area contributed by atoms with Crippen molar-refractivity contribution >= 4 is 11.6 Å². The van der Waals surface area contributed by atoms with E-state index >= 15 is 0 Å². The second kappa shape index (κ2) is 4.82. The molecule has 0 unspecified atom stereocenters. The Labute approximate surface area is 101 Å². The zero-order valence-electron chi connectivity index (χ0n) is 10.2. The second-order valence-corrected chi connectivity index (χ2v) is 3.83. The first-order chi connectivity index (χ1) is 8.17. The molecule has 0 spiro atoms. The fraction of sp³-hybridized carbons (Fsp3) is 0.231. The molecule has 0 radical (unpaired) electrons. The molecule has 1 aromatic carbocycles. The first kappa shape index (κ1) is 11.4. The Bertz CT molecular complexity index is 506. The Hall–Kier alpha value is -2.10. The van der Waals surface area contributed by atoms with E-state index in [2.05, 4.69) is 15.3 Å². The summed E-state index contributed by atoms with van der Waals surface area (Å²) >= 11 is 0. The Morgan fingerprint density at radius 1 is 1.06 bits per heavy atom. The number of aryl methyl sites for hydroxylation is 2. The number of benzene rings is 1. The number of rotatable bonds is 3. The lowest BCUT2D eigenvalue weighted by Gasteiger charge is -2.07. The molecule has 0 atom stereocenters. The van der Waals surface area contributed by atoms with Crippen molar-refractivity contribution in [3.63, 3.8) is 0 Å². The normalized spacial score (nSPS) is 10.1. The SMILES string of the molecule is COc1cccc(Nc2nc(C)cc(C)n2)c1. The molecule has 1 N–H and O–H groups in total. The smallest absolute Gasteiger partial charge is 0.227 e. The van der Waals surface area contributed by atoms with Crippen LogP contribution in [0.2, 0.25) is 0 Å². The van der Waals surface area contributed by atoms with E-state index in [0.29, 0.717) is 5.95 Å². The summed E-state index contributed by atoms with van der Waals surface area (Å²) in [6, 6.07) is 9.61. The second-order valence-electron chi connectivity index (χ2n) is 3.83. The number of hydrogen-bond donors (Lipinski definition) is 1. The van der Waals surface area contributed by atoms with Crippen molar-refractivity contribution < 1.29 is 4.74 Å². The number of nitrogens with one attached hydrogen (secondary N) is 1. The van der Waals surface area contributed by atoms with Crippen LogP contribution in [-0.2, 0) is 0 Å². The van der Waals surface area contributed by atoms with Gasteiger partial charge in [0.05, 0.1) is 7.11 Å². The number of aromatic nitrogens is 2. The predicted molar refractivity (Wildman–Crippen MR) is 67.8 cm³/mol. The van der Waals surface area contributed by atoms with Crippen LogP contribution in [0.4, 0.5) is 11.6 Å². The van der Waals surface area contributed by atoms with Crippen molar-refractivity contribution in [2.45, 2.75) is 13.8 Å². The molecule has 1 aromatic heterocycles. The minimum Gasteiger partial charge on any atom is -0.497 e. The quantitative estimate of drug-likeness (QED) is 0.879. The van der Waals surface area contributed by atoms with Crippen LogP contribution >= 0.6 is 0 Å². The molecule has 2 rings (SSSR count). The van der Waals surface area contributed by atoms with Gasteiger partial charge < -0.3 is 10.1 Å². The molecule has 0 bridgehead atoms. The molecule has 0 saturated carbocycles. The largest absolute Gasteiger partial charge is 0.497 e. The van der Waals surface area contributed by atoms with Gasteiger partial charge in [-0.1, -0.05) is 6.07 Å². The van der Waals surface area contributed by atoms with Gasteiger partial charge in [-0.05, 0) is 32.0 Å². The van der Waals surface area contributed by atoms with Gasteiger partial charge in [-0.15, -0.1) is 0 Å². The molecular weight excluding hydrogens is 214 g/mol. The van der Waals surface area contributed by atoms with Crippen LogP contribution in [0.1, 0.15) is 11.4 Å². The van der Waals surface area contributed by atoms with Crippen molar-refractivity contribution in [1.82, 2.24) is 9.97 Å². The minimum atomic E-state index is 0.607. The van der Waals surface area contributed by atoms with E-state index in [4.69, 9.17) is 4.74 Å². The summed E-state index contributed by atoms with van der Waals surface area (Å²) in [5.74, 6) is 1.41. The molecule has 17 heavy (non-hydrogen) atoms. The van der Waals surface area contributed by atoms with Crippen molar-refractivity contribution in [3.8, 4) is 5.75 Å². The van der Waals surface area contributed by atoms with Crippen LogP contribution in [0.15, 0.2) is 30.3 Å². The number of nitrogens with zero attached hydrogens (tertiary/aromatic N) is 2.